The second-order valence-electron chi connectivity index (χ2n) is 7.22. The third-order valence-electron chi connectivity index (χ3n) is 5.26. The first-order valence-electron chi connectivity index (χ1n) is 10.2. The molecule has 0 aliphatic carbocycles. The fourth-order valence-electron chi connectivity index (χ4n) is 3.69. The second kappa shape index (κ2) is 9.17. The highest BCUT2D eigenvalue weighted by Crippen LogP contribution is 2.22. The normalized spacial score (nSPS) is 14.5. The van der Waals surface area contributed by atoms with Crippen LogP contribution in [0.4, 0.5) is 0 Å². The van der Waals surface area contributed by atoms with E-state index in [0.717, 1.165) is 24.3 Å². The van der Waals surface area contributed by atoms with Crippen LogP contribution in [0.1, 0.15) is 39.8 Å². The number of hydrogen-bond donors (Lipinski definition) is 1. The molecule has 3 heterocycles. The number of nitrogens with zero attached hydrogens (tertiary/aromatic N) is 2. The lowest BCUT2D eigenvalue weighted by atomic mass is 10.0. The van der Waals surface area contributed by atoms with Crippen LogP contribution >= 0.6 is 11.3 Å². The minimum absolute atomic E-state index is 0.0241. The summed E-state index contributed by atoms with van der Waals surface area (Å²) >= 11 is 1.44. The lowest BCUT2D eigenvalue weighted by Crippen LogP contribution is -2.46. The summed E-state index contributed by atoms with van der Waals surface area (Å²) in [5, 5.41) is 5.08. The van der Waals surface area contributed by atoms with E-state index in [1.807, 2.05) is 64.5 Å². The van der Waals surface area contributed by atoms with Crippen molar-refractivity contribution in [3.63, 3.8) is 0 Å². The molecule has 0 radical (unpaired) electrons. The number of thiophene rings is 1. The van der Waals surface area contributed by atoms with E-state index in [9.17, 15) is 9.59 Å². The molecule has 0 unspecified atom stereocenters. The number of hydrogen-bond acceptors (Lipinski definition) is 4. The number of rotatable bonds is 6. The molecule has 156 valence electrons. The van der Waals surface area contributed by atoms with Crippen LogP contribution in [-0.2, 0) is 0 Å². The zero-order valence-corrected chi connectivity index (χ0v) is 17.7. The number of nitrogens with one attached hydrogen (secondary N) is 1. The summed E-state index contributed by atoms with van der Waals surface area (Å²) in [5.41, 5.74) is 1.56. The van der Waals surface area contributed by atoms with Crippen molar-refractivity contribution in [2.75, 3.05) is 19.7 Å². The Kier molecular flexibility index (Phi) is 6.18. The summed E-state index contributed by atoms with van der Waals surface area (Å²) < 4.78 is 7.38. The van der Waals surface area contributed by atoms with Crippen LogP contribution in [0.3, 0.4) is 0 Å². The molecule has 0 spiro atoms. The van der Waals surface area contributed by atoms with Crippen LogP contribution in [0.25, 0.3) is 5.69 Å². The molecule has 0 atom stereocenters. The molecule has 1 saturated heterocycles. The smallest absolute Gasteiger partial charge is 0.263 e. The predicted molar refractivity (Wildman–Crippen MR) is 118 cm³/mol. The number of carbonyl (C=O) groups is 2. The van der Waals surface area contributed by atoms with Gasteiger partial charge >= 0.3 is 0 Å². The van der Waals surface area contributed by atoms with Gasteiger partial charge in [0.25, 0.3) is 11.8 Å². The van der Waals surface area contributed by atoms with Crippen molar-refractivity contribution in [2.45, 2.75) is 25.8 Å². The SMILES string of the molecule is CCOc1ccc(C(=O)N2CCC(NC(=O)c3sccc3-n3cccc3)CC2)cc1. The van der Waals surface area contributed by atoms with Gasteiger partial charge in [-0.25, -0.2) is 0 Å². The highest BCUT2D eigenvalue weighted by atomic mass is 32.1. The average Bonchev–Trinajstić information content (AvgIpc) is 3.46. The van der Waals surface area contributed by atoms with Gasteiger partial charge < -0.3 is 19.5 Å². The van der Waals surface area contributed by atoms with Gasteiger partial charge in [0.2, 0.25) is 0 Å². The molecule has 2 amide bonds. The zero-order valence-electron chi connectivity index (χ0n) is 16.9. The van der Waals surface area contributed by atoms with Gasteiger partial charge in [0.05, 0.1) is 12.3 Å². The van der Waals surface area contributed by atoms with E-state index in [4.69, 9.17) is 4.74 Å². The highest BCUT2D eigenvalue weighted by Gasteiger charge is 2.26. The Bertz CT molecular complexity index is 987. The number of likely N-dealkylation sites (tertiary alicyclic amines) is 1. The van der Waals surface area contributed by atoms with Crippen LogP contribution in [0.2, 0.25) is 0 Å². The van der Waals surface area contributed by atoms with Crippen LogP contribution in [0.5, 0.6) is 5.75 Å². The van der Waals surface area contributed by atoms with E-state index < -0.39 is 0 Å². The average molecular weight is 424 g/mol. The van der Waals surface area contributed by atoms with Gasteiger partial charge in [-0.2, -0.15) is 0 Å². The maximum absolute atomic E-state index is 12.8. The first-order chi connectivity index (χ1) is 14.7. The summed E-state index contributed by atoms with van der Waals surface area (Å²) in [6.45, 7) is 3.80. The summed E-state index contributed by atoms with van der Waals surface area (Å²) in [5.74, 6) is 0.740. The number of carbonyl (C=O) groups excluding carboxylic acids is 2. The van der Waals surface area contributed by atoms with E-state index in [1.165, 1.54) is 11.3 Å². The molecule has 2 aromatic heterocycles. The predicted octanol–water partition coefficient (Wildman–Crippen LogP) is 3.97. The summed E-state index contributed by atoms with van der Waals surface area (Å²) in [6.07, 6.45) is 5.37. The molecule has 1 aliphatic rings. The highest BCUT2D eigenvalue weighted by molar-refractivity contribution is 7.12. The van der Waals surface area contributed by atoms with E-state index in [2.05, 4.69) is 5.32 Å². The van der Waals surface area contributed by atoms with Crippen molar-refractivity contribution < 1.29 is 14.3 Å². The molecule has 1 aromatic carbocycles. The van der Waals surface area contributed by atoms with E-state index in [-0.39, 0.29) is 17.9 Å². The van der Waals surface area contributed by atoms with Crippen molar-refractivity contribution >= 4 is 23.2 Å². The molecule has 1 fully saturated rings. The van der Waals surface area contributed by atoms with Gasteiger partial charge in [-0.15, -0.1) is 11.3 Å². The largest absolute Gasteiger partial charge is 0.494 e. The Labute approximate surface area is 180 Å². The quantitative estimate of drug-likeness (QED) is 0.652. The molecule has 6 nitrogen and oxygen atoms in total. The van der Waals surface area contributed by atoms with Gasteiger partial charge in [0.1, 0.15) is 10.6 Å². The summed E-state index contributed by atoms with van der Waals surface area (Å²) in [4.78, 5) is 28.1. The standard InChI is InChI=1S/C23H25N3O3S/c1-2-29-19-7-5-17(6-8-19)23(28)26-14-9-18(10-15-26)24-22(27)21-20(11-16-30-21)25-12-3-4-13-25/h3-8,11-13,16,18H,2,9-10,14-15H2,1H3,(H,24,27). The Hall–Kier alpha value is -3.06. The molecular formula is C23H25N3O3S. The fraction of sp³-hybridized carbons (Fsp3) is 0.304. The van der Waals surface area contributed by atoms with Crippen molar-refractivity contribution in [3.05, 3.63) is 70.7 Å². The minimum Gasteiger partial charge on any atom is -0.494 e. The molecule has 7 heteroatoms. The summed E-state index contributed by atoms with van der Waals surface area (Å²) in [7, 11) is 0. The second-order valence-corrected chi connectivity index (χ2v) is 8.14. The first kappa shape index (κ1) is 20.2. The minimum atomic E-state index is -0.0509. The van der Waals surface area contributed by atoms with Crippen LogP contribution in [-0.4, -0.2) is 47.0 Å². The first-order valence-corrected chi connectivity index (χ1v) is 11.1. The lowest BCUT2D eigenvalue weighted by Gasteiger charge is -2.32. The molecule has 0 saturated carbocycles. The van der Waals surface area contributed by atoms with Gasteiger partial charge in [0, 0.05) is 37.1 Å². The Balaban J connectivity index is 1.32. The number of benzene rings is 1. The van der Waals surface area contributed by atoms with Crippen molar-refractivity contribution in [1.82, 2.24) is 14.8 Å². The van der Waals surface area contributed by atoms with Gasteiger partial charge in [-0.05, 0) is 67.6 Å². The van der Waals surface area contributed by atoms with Crippen molar-refractivity contribution in [2.24, 2.45) is 0 Å². The van der Waals surface area contributed by atoms with E-state index in [0.29, 0.717) is 30.1 Å². The van der Waals surface area contributed by atoms with E-state index >= 15 is 0 Å². The van der Waals surface area contributed by atoms with Gasteiger partial charge in [-0.3, -0.25) is 9.59 Å². The van der Waals surface area contributed by atoms with Gasteiger partial charge in [-0.1, -0.05) is 0 Å². The number of aromatic nitrogens is 1. The third-order valence-corrected chi connectivity index (χ3v) is 6.17. The molecule has 30 heavy (non-hydrogen) atoms. The maximum Gasteiger partial charge on any atom is 0.263 e. The lowest BCUT2D eigenvalue weighted by molar-refractivity contribution is 0.0698. The topological polar surface area (TPSA) is 63.6 Å². The van der Waals surface area contributed by atoms with Crippen molar-refractivity contribution in [3.8, 4) is 11.4 Å². The molecular weight excluding hydrogens is 398 g/mol. The summed E-state index contributed by atoms with van der Waals surface area (Å²) in [6, 6.07) is 13.2. The molecule has 0 bridgehead atoms. The molecule has 1 aliphatic heterocycles. The van der Waals surface area contributed by atoms with Crippen molar-refractivity contribution in [1.29, 1.82) is 0 Å². The monoisotopic (exact) mass is 423 g/mol. The number of ether oxygens (including phenoxy) is 1. The Morgan fingerprint density at radius 2 is 1.80 bits per heavy atom. The van der Waals surface area contributed by atoms with Gasteiger partial charge in [0.15, 0.2) is 0 Å². The Morgan fingerprint density at radius 3 is 2.47 bits per heavy atom. The number of piperidine rings is 1. The van der Waals surface area contributed by atoms with E-state index in [1.54, 1.807) is 12.1 Å². The fourth-order valence-corrected chi connectivity index (χ4v) is 4.48. The molecule has 4 rings (SSSR count). The van der Waals surface area contributed by atoms with Crippen LogP contribution in [0, 0.1) is 0 Å². The van der Waals surface area contributed by atoms with Crippen LogP contribution < -0.4 is 10.1 Å². The number of amides is 2. The zero-order chi connectivity index (χ0) is 20.9. The maximum atomic E-state index is 12.8. The molecule has 3 aromatic rings. The molecule has 1 N–H and O–H groups in total. The Morgan fingerprint density at radius 1 is 1.10 bits per heavy atom. The van der Waals surface area contributed by atoms with Crippen LogP contribution in [0.15, 0.2) is 60.2 Å². The third kappa shape index (κ3) is 4.41.